The van der Waals surface area contributed by atoms with Crippen LogP contribution >= 0.6 is 12.6 Å². The van der Waals surface area contributed by atoms with E-state index in [2.05, 4.69) is 6.92 Å². The van der Waals surface area contributed by atoms with Crippen LogP contribution in [-0.2, 0) is 0 Å². The molecule has 114 valence electrons. The molecule has 1 saturated carbocycles. The maximum absolute atomic E-state index is 4.88. The van der Waals surface area contributed by atoms with E-state index in [1.165, 1.54) is 103 Å². The first-order chi connectivity index (χ1) is 9.21. The lowest BCUT2D eigenvalue weighted by Crippen LogP contribution is -2.16. The Bertz CT molecular complexity index is 178. The van der Waals surface area contributed by atoms with Gasteiger partial charge in [-0.1, -0.05) is 96.8 Å². The number of hydrogen-bond acceptors (Lipinski definition) is 1. The minimum absolute atomic E-state index is 0.300. The van der Waals surface area contributed by atoms with Crippen molar-refractivity contribution in [3.05, 3.63) is 0 Å². The van der Waals surface area contributed by atoms with E-state index in [9.17, 15) is 0 Å². The zero-order valence-corrected chi connectivity index (χ0v) is 14.2. The monoisotopic (exact) mass is 284 g/mol. The molecule has 19 heavy (non-hydrogen) atoms. The third-order valence-corrected chi connectivity index (χ3v) is 5.13. The first-order valence-electron chi connectivity index (χ1n) is 8.93. The molecule has 0 aliphatic heterocycles. The molecule has 1 aliphatic rings. The van der Waals surface area contributed by atoms with Crippen molar-refractivity contribution in [1.82, 2.24) is 0 Å². The first-order valence-corrected chi connectivity index (χ1v) is 9.38. The van der Waals surface area contributed by atoms with Crippen molar-refractivity contribution in [2.24, 2.45) is 0 Å². The highest BCUT2D eigenvalue weighted by molar-refractivity contribution is 7.81. The van der Waals surface area contributed by atoms with Crippen molar-refractivity contribution in [1.29, 1.82) is 0 Å². The largest absolute Gasteiger partial charge is 0.173 e. The van der Waals surface area contributed by atoms with Crippen molar-refractivity contribution in [3.63, 3.8) is 0 Å². The second-order valence-corrected chi connectivity index (χ2v) is 8.03. The predicted molar refractivity (Wildman–Crippen MR) is 91.3 cm³/mol. The topological polar surface area (TPSA) is 0 Å². The van der Waals surface area contributed by atoms with Gasteiger partial charge in [-0.25, -0.2) is 0 Å². The fourth-order valence-electron chi connectivity index (χ4n) is 3.26. The SMILES string of the molecule is CC1(S)CCCCCCCCCCCCCCCC1. The highest BCUT2D eigenvalue weighted by Gasteiger charge is 2.17. The molecule has 0 unspecified atom stereocenters. The molecule has 0 spiro atoms. The van der Waals surface area contributed by atoms with Crippen LogP contribution in [0.1, 0.15) is 110 Å². The Morgan fingerprint density at radius 3 is 0.947 bits per heavy atom. The lowest BCUT2D eigenvalue weighted by atomic mass is 9.95. The van der Waals surface area contributed by atoms with Crippen LogP contribution in [0.3, 0.4) is 0 Å². The van der Waals surface area contributed by atoms with E-state index in [1.807, 2.05) is 0 Å². The average Bonchev–Trinajstić information content (AvgIpc) is 2.37. The fourth-order valence-corrected chi connectivity index (χ4v) is 3.57. The van der Waals surface area contributed by atoms with E-state index in [4.69, 9.17) is 12.6 Å². The highest BCUT2D eigenvalue weighted by Crippen LogP contribution is 2.29. The Morgan fingerprint density at radius 1 is 0.474 bits per heavy atom. The molecule has 1 heteroatoms. The Morgan fingerprint density at radius 2 is 0.684 bits per heavy atom. The van der Waals surface area contributed by atoms with Crippen LogP contribution in [0.15, 0.2) is 0 Å². The summed E-state index contributed by atoms with van der Waals surface area (Å²) in [6, 6.07) is 0. The van der Waals surface area contributed by atoms with Gasteiger partial charge in [-0.3, -0.25) is 0 Å². The average molecular weight is 285 g/mol. The normalized spacial score (nSPS) is 25.6. The highest BCUT2D eigenvalue weighted by atomic mass is 32.1. The summed E-state index contributed by atoms with van der Waals surface area (Å²) in [6.45, 7) is 2.35. The van der Waals surface area contributed by atoms with Crippen molar-refractivity contribution < 1.29 is 0 Å². The third-order valence-electron chi connectivity index (χ3n) is 4.68. The van der Waals surface area contributed by atoms with Gasteiger partial charge in [0.05, 0.1) is 0 Å². The molecule has 0 aromatic carbocycles. The minimum Gasteiger partial charge on any atom is -0.173 e. The molecule has 0 saturated heterocycles. The molecule has 0 aromatic rings. The van der Waals surface area contributed by atoms with E-state index < -0.39 is 0 Å². The molecular weight excluding hydrogens is 248 g/mol. The Labute approximate surface area is 127 Å². The summed E-state index contributed by atoms with van der Waals surface area (Å²) in [4.78, 5) is 0. The summed E-state index contributed by atoms with van der Waals surface area (Å²) in [5.74, 6) is 0. The predicted octanol–water partition coefficient (Wildman–Crippen LogP) is 6.93. The van der Waals surface area contributed by atoms with Gasteiger partial charge < -0.3 is 0 Å². The summed E-state index contributed by atoms with van der Waals surface area (Å²) < 4.78 is 0.300. The molecule has 0 nitrogen and oxygen atoms in total. The quantitative estimate of drug-likeness (QED) is 0.458. The molecule has 0 amide bonds. The Kier molecular flexibility index (Phi) is 10.1. The maximum Gasteiger partial charge on any atom is 0.0101 e. The van der Waals surface area contributed by atoms with Crippen molar-refractivity contribution in [3.8, 4) is 0 Å². The number of rotatable bonds is 0. The molecule has 1 rings (SSSR count). The number of thiol groups is 1. The molecule has 1 fully saturated rings. The number of hydrogen-bond donors (Lipinski definition) is 1. The molecule has 0 aromatic heterocycles. The molecule has 0 radical (unpaired) electrons. The van der Waals surface area contributed by atoms with Gasteiger partial charge in [0.1, 0.15) is 0 Å². The molecule has 0 bridgehead atoms. The second-order valence-electron chi connectivity index (χ2n) is 6.95. The summed E-state index contributed by atoms with van der Waals surface area (Å²) >= 11 is 4.88. The van der Waals surface area contributed by atoms with Crippen molar-refractivity contribution in [2.75, 3.05) is 0 Å². The summed E-state index contributed by atoms with van der Waals surface area (Å²) in [5.41, 5.74) is 0. The molecule has 0 N–H and O–H groups in total. The van der Waals surface area contributed by atoms with Crippen LogP contribution in [0.5, 0.6) is 0 Å². The standard InChI is InChI=1S/C18H36S/c1-18(19)16-14-12-10-8-6-4-2-3-5-7-9-11-13-15-17-18/h19H,2-17H2,1H3. The third kappa shape index (κ3) is 10.8. The zero-order valence-electron chi connectivity index (χ0n) is 13.3. The van der Waals surface area contributed by atoms with Gasteiger partial charge >= 0.3 is 0 Å². The van der Waals surface area contributed by atoms with Crippen LogP contribution < -0.4 is 0 Å². The Balaban J connectivity index is 2.20. The molecule has 0 atom stereocenters. The smallest absolute Gasteiger partial charge is 0.0101 e. The molecule has 1 aliphatic carbocycles. The summed E-state index contributed by atoms with van der Waals surface area (Å²) in [6.07, 6.45) is 22.9. The van der Waals surface area contributed by atoms with E-state index in [1.54, 1.807) is 0 Å². The zero-order chi connectivity index (χ0) is 13.8. The van der Waals surface area contributed by atoms with Gasteiger partial charge in [0.15, 0.2) is 0 Å². The summed E-state index contributed by atoms with van der Waals surface area (Å²) in [5, 5.41) is 0. The minimum atomic E-state index is 0.300. The van der Waals surface area contributed by atoms with Crippen LogP contribution in [0.2, 0.25) is 0 Å². The van der Waals surface area contributed by atoms with Crippen LogP contribution in [-0.4, -0.2) is 4.75 Å². The van der Waals surface area contributed by atoms with E-state index in [0.717, 1.165) is 0 Å². The first kappa shape index (κ1) is 17.4. The van der Waals surface area contributed by atoms with Gasteiger partial charge in [-0.2, -0.15) is 12.6 Å². The van der Waals surface area contributed by atoms with Crippen LogP contribution in [0.25, 0.3) is 0 Å². The lowest BCUT2D eigenvalue weighted by molar-refractivity contribution is 0.470. The van der Waals surface area contributed by atoms with E-state index in [-0.39, 0.29) is 0 Å². The summed E-state index contributed by atoms with van der Waals surface area (Å²) in [7, 11) is 0. The van der Waals surface area contributed by atoms with Gasteiger partial charge in [0.2, 0.25) is 0 Å². The van der Waals surface area contributed by atoms with Crippen LogP contribution in [0, 0.1) is 0 Å². The maximum atomic E-state index is 4.88. The van der Waals surface area contributed by atoms with Gasteiger partial charge in [0, 0.05) is 4.75 Å². The van der Waals surface area contributed by atoms with Gasteiger partial charge in [-0.15, -0.1) is 0 Å². The van der Waals surface area contributed by atoms with Gasteiger partial charge in [-0.05, 0) is 12.8 Å². The molecule has 0 heterocycles. The van der Waals surface area contributed by atoms with Crippen molar-refractivity contribution >= 4 is 12.6 Å². The second kappa shape index (κ2) is 11.1. The van der Waals surface area contributed by atoms with Crippen LogP contribution in [0.4, 0.5) is 0 Å². The van der Waals surface area contributed by atoms with E-state index in [0.29, 0.717) is 4.75 Å². The fraction of sp³-hybridized carbons (Fsp3) is 1.00. The van der Waals surface area contributed by atoms with Crippen molar-refractivity contribution in [2.45, 2.75) is 114 Å². The molecular formula is C18H36S. The van der Waals surface area contributed by atoms with Gasteiger partial charge in [0.25, 0.3) is 0 Å². The lowest BCUT2D eigenvalue weighted by Gasteiger charge is -2.23. The van der Waals surface area contributed by atoms with E-state index >= 15 is 0 Å². The Hall–Kier alpha value is 0.350.